The van der Waals surface area contributed by atoms with Crippen molar-refractivity contribution in [3.8, 4) is 0 Å². The lowest BCUT2D eigenvalue weighted by Gasteiger charge is -2.12. The van der Waals surface area contributed by atoms with Crippen LogP contribution in [0, 0.1) is 5.92 Å². The van der Waals surface area contributed by atoms with Crippen LogP contribution in [0.2, 0.25) is 0 Å². The summed E-state index contributed by atoms with van der Waals surface area (Å²) in [6.07, 6.45) is 6.15. The number of rotatable bonds is 11. The summed E-state index contributed by atoms with van der Waals surface area (Å²) in [7, 11) is 1.71. The molecule has 0 bridgehead atoms. The van der Waals surface area contributed by atoms with Crippen molar-refractivity contribution in [1.82, 2.24) is 5.32 Å². The van der Waals surface area contributed by atoms with Crippen LogP contribution in [0.1, 0.15) is 52.4 Å². The van der Waals surface area contributed by atoms with E-state index in [-0.39, 0.29) is 17.9 Å². The highest BCUT2D eigenvalue weighted by Gasteiger charge is 2.11. The third-order valence-electron chi connectivity index (χ3n) is 3.07. The van der Waals surface area contributed by atoms with E-state index >= 15 is 0 Å². The smallest absolute Gasteiger partial charge is 0.222 e. The highest BCUT2D eigenvalue weighted by atomic mass is 16.5. The molecule has 0 fully saturated rings. The number of ether oxygens (including phenoxy) is 1. The Kier molecular flexibility index (Phi) is 11.1. The highest BCUT2D eigenvalue weighted by molar-refractivity contribution is 5.78. The molecule has 0 aliphatic heterocycles. The summed E-state index contributed by atoms with van der Waals surface area (Å²) in [4.78, 5) is 11.7. The van der Waals surface area contributed by atoms with Crippen LogP contribution >= 0.6 is 0 Å². The predicted octanol–water partition coefficient (Wildman–Crippen LogP) is 2.07. The lowest BCUT2D eigenvalue weighted by atomic mass is 10.0. The first-order chi connectivity index (χ1) is 8.57. The Morgan fingerprint density at radius 2 is 1.89 bits per heavy atom. The Labute approximate surface area is 112 Å². The van der Waals surface area contributed by atoms with Crippen LogP contribution in [0.25, 0.3) is 0 Å². The second-order valence-electron chi connectivity index (χ2n) is 5.15. The zero-order valence-electron chi connectivity index (χ0n) is 12.2. The van der Waals surface area contributed by atoms with Crippen molar-refractivity contribution in [2.75, 3.05) is 20.3 Å². The van der Waals surface area contributed by atoms with Crippen molar-refractivity contribution in [3.05, 3.63) is 0 Å². The fourth-order valence-electron chi connectivity index (χ4n) is 1.81. The topological polar surface area (TPSA) is 64.3 Å². The first-order valence-electron chi connectivity index (χ1n) is 7.10. The van der Waals surface area contributed by atoms with Crippen molar-refractivity contribution in [2.24, 2.45) is 11.7 Å². The molecular formula is C14H30N2O2. The van der Waals surface area contributed by atoms with E-state index in [4.69, 9.17) is 10.5 Å². The van der Waals surface area contributed by atoms with Gasteiger partial charge in [0.15, 0.2) is 0 Å². The molecule has 18 heavy (non-hydrogen) atoms. The molecule has 0 aromatic heterocycles. The molecule has 0 saturated heterocycles. The average molecular weight is 258 g/mol. The Morgan fingerprint density at radius 3 is 2.50 bits per heavy atom. The summed E-state index contributed by atoms with van der Waals surface area (Å²) in [5.74, 6) is 0.272. The van der Waals surface area contributed by atoms with E-state index in [0.717, 1.165) is 51.7 Å². The summed E-state index contributed by atoms with van der Waals surface area (Å²) in [5, 5.41) is 2.99. The van der Waals surface area contributed by atoms with Crippen LogP contribution in [-0.2, 0) is 9.53 Å². The minimum absolute atomic E-state index is 0.0997. The predicted molar refractivity (Wildman–Crippen MR) is 75.4 cm³/mol. The first kappa shape index (κ1) is 17.4. The van der Waals surface area contributed by atoms with E-state index in [1.165, 1.54) is 0 Å². The summed E-state index contributed by atoms with van der Waals surface area (Å²) < 4.78 is 4.97. The number of hydrogen-bond donors (Lipinski definition) is 2. The number of carbonyl (C=O) groups excluding carboxylic acids is 1. The van der Waals surface area contributed by atoms with Gasteiger partial charge in [0.1, 0.15) is 0 Å². The van der Waals surface area contributed by atoms with Gasteiger partial charge in [0, 0.05) is 32.2 Å². The molecule has 108 valence electrons. The van der Waals surface area contributed by atoms with Crippen LogP contribution < -0.4 is 11.1 Å². The molecule has 0 aromatic carbocycles. The highest BCUT2D eigenvalue weighted by Crippen LogP contribution is 2.09. The van der Waals surface area contributed by atoms with Gasteiger partial charge in [0.2, 0.25) is 5.91 Å². The van der Waals surface area contributed by atoms with Crippen LogP contribution in [0.3, 0.4) is 0 Å². The lowest BCUT2D eigenvalue weighted by Crippen LogP contribution is -2.30. The standard InChI is InChI=1S/C14H30N2O2/c1-12(8-7-9-13(2)15)14(17)16-10-5-4-6-11-18-3/h12-13H,4-11,15H2,1-3H3,(H,16,17). The summed E-state index contributed by atoms with van der Waals surface area (Å²) in [5.41, 5.74) is 5.68. The van der Waals surface area contributed by atoms with Crippen LogP contribution in [-0.4, -0.2) is 32.2 Å². The van der Waals surface area contributed by atoms with E-state index in [1.807, 2.05) is 13.8 Å². The maximum atomic E-state index is 11.7. The third kappa shape index (κ3) is 10.5. The van der Waals surface area contributed by atoms with E-state index in [2.05, 4.69) is 5.32 Å². The van der Waals surface area contributed by atoms with Gasteiger partial charge in [-0.25, -0.2) is 0 Å². The number of nitrogens with one attached hydrogen (secondary N) is 1. The second kappa shape index (κ2) is 11.5. The molecule has 4 nitrogen and oxygen atoms in total. The van der Waals surface area contributed by atoms with Gasteiger partial charge in [-0.15, -0.1) is 0 Å². The van der Waals surface area contributed by atoms with Gasteiger partial charge >= 0.3 is 0 Å². The largest absolute Gasteiger partial charge is 0.385 e. The molecule has 2 unspecified atom stereocenters. The van der Waals surface area contributed by atoms with Gasteiger partial charge in [-0.3, -0.25) is 4.79 Å². The zero-order valence-corrected chi connectivity index (χ0v) is 12.2. The van der Waals surface area contributed by atoms with Gasteiger partial charge < -0.3 is 15.8 Å². The summed E-state index contributed by atoms with van der Waals surface area (Å²) in [6.45, 7) is 5.58. The fourth-order valence-corrected chi connectivity index (χ4v) is 1.81. The molecule has 0 spiro atoms. The van der Waals surface area contributed by atoms with Crippen LogP contribution in [0.4, 0.5) is 0 Å². The minimum atomic E-state index is 0.0997. The van der Waals surface area contributed by atoms with Gasteiger partial charge in [-0.05, 0) is 39.0 Å². The molecule has 0 radical (unpaired) electrons. The molecule has 0 aromatic rings. The normalized spacial score (nSPS) is 14.2. The SMILES string of the molecule is COCCCCCNC(=O)C(C)CCCC(C)N. The molecule has 1 amide bonds. The van der Waals surface area contributed by atoms with Crippen molar-refractivity contribution >= 4 is 5.91 Å². The van der Waals surface area contributed by atoms with E-state index in [1.54, 1.807) is 7.11 Å². The zero-order chi connectivity index (χ0) is 13.8. The van der Waals surface area contributed by atoms with E-state index in [0.29, 0.717) is 0 Å². The van der Waals surface area contributed by atoms with Gasteiger partial charge in [-0.1, -0.05) is 13.3 Å². The number of carbonyl (C=O) groups is 1. The van der Waals surface area contributed by atoms with Crippen molar-refractivity contribution in [3.63, 3.8) is 0 Å². The maximum absolute atomic E-state index is 11.7. The van der Waals surface area contributed by atoms with Crippen molar-refractivity contribution in [2.45, 2.75) is 58.4 Å². The third-order valence-corrected chi connectivity index (χ3v) is 3.07. The second-order valence-corrected chi connectivity index (χ2v) is 5.15. The van der Waals surface area contributed by atoms with Gasteiger partial charge in [0.05, 0.1) is 0 Å². The van der Waals surface area contributed by atoms with Gasteiger partial charge in [-0.2, -0.15) is 0 Å². The molecule has 0 saturated carbocycles. The Hall–Kier alpha value is -0.610. The molecule has 0 aliphatic carbocycles. The Bertz CT molecular complexity index is 208. The molecule has 0 heterocycles. The quantitative estimate of drug-likeness (QED) is 0.558. The van der Waals surface area contributed by atoms with Crippen molar-refractivity contribution < 1.29 is 9.53 Å². The fraction of sp³-hybridized carbons (Fsp3) is 0.929. The minimum Gasteiger partial charge on any atom is -0.385 e. The maximum Gasteiger partial charge on any atom is 0.222 e. The monoisotopic (exact) mass is 258 g/mol. The molecule has 3 N–H and O–H groups in total. The van der Waals surface area contributed by atoms with E-state index in [9.17, 15) is 4.79 Å². The number of methoxy groups -OCH3 is 1. The molecule has 2 atom stereocenters. The first-order valence-corrected chi connectivity index (χ1v) is 7.10. The molecule has 4 heteroatoms. The average Bonchev–Trinajstić information content (AvgIpc) is 2.32. The van der Waals surface area contributed by atoms with Crippen LogP contribution in [0.5, 0.6) is 0 Å². The Balaban J connectivity index is 3.44. The molecular weight excluding hydrogens is 228 g/mol. The Morgan fingerprint density at radius 1 is 1.17 bits per heavy atom. The van der Waals surface area contributed by atoms with E-state index < -0.39 is 0 Å². The van der Waals surface area contributed by atoms with Gasteiger partial charge in [0.25, 0.3) is 0 Å². The number of amides is 1. The summed E-state index contributed by atoms with van der Waals surface area (Å²) in [6, 6.07) is 0.237. The van der Waals surface area contributed by atoms with Crippen LogP contribution in [0.15, 0.2) is 0 Å². The number of hydrogen-bond acceptors (Lipinski definition) is 3. The lowest BCUT2D eigenvalue weighted by molar-refractivity contribution is -0.124. The molecule has 0 rings (SSSR count). The number of nitrogens with two attached hydrogens (primary N) is 1. The van der Waals surface area contributed by atoms with Crippen molar-refractivity contribution in [1.29, 1.82) is 0 Å². The summed E-state index contributed by atoms with van der Waals surface area (Å²) >= 11 is 0. The molecule has 0 aliphatic rings. The number of unbranched alkanes of at least 4 members (excludes halogenated alkanes) is 2.